The molecule has 2 saturated heterocycles. The van der Waals surface area contributed by atoms with E-state index in [1.54, 1.807) is 109 Å². The number of aryl methyl sites for hydroxylation is 3. The molecule has 0 radical (unpaired) electrons. The molecule has 5 aliphatic heterocycles. The SMILES string of the molecule is C[C@@H]1CCC(=O)N1C[C@@H]1c2c(OCc3nnn(C)c3C(F)F)ccc(Cl)c2CCN1C(=O)OC(C)(C)C.C[C@@H]1CCC(=O)N1C[C@@H]1c2c(OCc3nnn(C)c3C(F)F)ccc(Cl)c2CCN1C(=O)[C@@H]1CCCC[C@]1(C)C(=O)O.Cn1nnc(COc2ccc(Cl)c3c2[C@@H](CN)N(C(=O)OC(C)(C)C)CC3)c1C(F)F. The average molecular weight is 1610 g/mol. The molecule has 12 rings (SSSR count). The van der Waals surface area contributed by atoms with Gasteiger partial charge in [0.2, 0.25) is 17.7 Å². The lowest BCUT2D eigenvalue weighted by Crippen LogP contribution is -2.53. The van der Waals surface area contributed by atoms with E-state index in [0.717, 1.165) is 50.0 Å². The first kappa shape index (κ1) is 83.8. The summed E-state index contributed by atoms with van der Waals surface area (Å²) in [5.74, 6) is -0.895. The van der Waals surface area contributed by atoms with Crippen LogP contribution in [0.5, 0.6) is 17.2 Å². The molecule has 110 heavy (non-hydrogen) atoms. The van der Waals surface area contributed by atoms with Crippen molar-refractivity contribution in [1.29, 1.82) is 0 Å². The molecule has 5 amide bonds. The summed E-state index contributed by atoms with van der Waals surface area (Å²) in [4.78, 5) is 86.7. The van der Waals surface area contributed by atoms with Gasteiger partial charge in [-0.05, 0) is 160 Å². The van der Waals surface area contributed by atoms with Crippen LogP contribution in [0.4, 0.5) is 35.9 Å². The zero-order chi connectivity index (χ0) is 80.3. The molecule has 6 aliphatic rings. The number of carboxylic acids is 1. The van der Waals surface area contributed by atoms with E-state index in [-0.39, 0.29) is 103 Å². The Morgan fingerprint density at radius 2 is 0.891 bits per heavy atom. The molecule has 0 bridgehead atoms. The molecule has 3 aromatic carbocycles. The molecular formula is C74H94Cl3F6N15O12. The van der Waals surface area contributed by atoms with Crippen molar-refractivity contribution in [2.75, 3.05) is 39.3 Å². The van der Waals surface area contributed by atoms with Crippen molar-refractivity contribution in [2.45, 2.75) is 213 Å². The Balaban J connectivity index is 0.000000178. The predicted octanol–water partition coefficient (Wildman–Crippen LogP) is 13.3. The summed E-state index contributed by atoms with van der Waals surface area (Å²) in [7, 11) is 4.17. The molecule has 1 saturated carbocycles. The number of carboxylic acid groups (broad SMARTS) is 1. The monoisotopic (exact) mass is 1600 g/mol. The Morgan fingerprint density at radius 3 is 1.22 bits per heavy atom. The summed E-state index contributed by atoms with van der Waals surface area (Å²) in [6.07, 6.45) is -3.40. The maximum atomic E-state index is 14.3. The number of ether oxygens (including phenoxy) is 5. The van der Waals surface area contributed by atoms with E-state index in [1.165, 1.54) is 21.1 Å². The molecule has 36 heteroatoms. The Labute approximate surface area is 648 Å². The average Bonchev–Trinajstić information content (AvgIpc) is 0.837. The van der Waals surface area contributed by atoms with E-state index in [2.05, 4.69) is 30.9 Å². The number of amides is 5. The lowest BCUT2D eigenvalue weighted by Gasteiger charge is -2.45. The van der Waals surface area contributed by atoms with E-state index < -0.39 is 78.1 Å². The second kappa shape index (κ2) is 34.5. The molecule has 6 aromatic rings. The minimum atomic E-state index is -2.80. The highest BCUT2D eigenvalue weighted by atomic mass is 35.5. The minimum Gasteiger partial charge on any atom is -0.487 e. The topological polar surface area (TPSA) is 303 Å². The second-order valence-electron chi connectivity index (χ2n) is 30.5. The van der Waals surface area contributed by atoms with Crippen molar-refractivity contribution < 1.29 is 83.9 Å². The Bertz CT molecular complexity index is 4380. The number of nitrogens with two attached hydrogens (primary N) is 1. The van der Waals surface area contributed by atoms with E-state index in [4.69, 9.17) is 64.2 Å². The molecule has 8 heterocycles. The summed E-state index contributed by atoms with van der Waals surface area (Å²) in [5, 5.41) is 34.1. The molecule has 1 aliphatic carbocycles. The molecule has 3 aromatic heterocycles. The largest absolute Gasteiger partial charge is 0.487 e. The lowest BCUT2D eigenvalue weighted by atomic mass is 9.66. The number of halogens is 9. The van der Waals surface area contributed by atoms with Gasteiger partial charge in [-0.2, -0.15) is 0 Å². The number of fused-ring (bicyclic) bond motifs is 3. The third-order valence-corrected chi connectivity index (χ3v) is 22.1. The number of benzene rings is 3. The Kier molecular flexibility index (Phi) is 26.3. The van der Waals surface area contributed by atoms with Crippen molar-refractivity contribution in [1.82, 2.24) is 69.5 Å². The van der Waals surface area contributed by atoms with Crippen LogP contribution in [0.1, 0.15) is 219 Å². The van der Waals surface area contributed by atoms with Gasteiger partial charge in [0.15, 0.2) is 0 Å². The number of carbonyl (C=O) groups is 6. The van der Waals surface area contributed by atoms with E-state index in [1.807, 2.05) is 13.8 Å². The highest BCUT2D eigenvalue weighted by Crippen LogP contribution is 2.49. The second-order valence-corrected chi connectivity index (χ2v) is 31.7. The van der Waals surface area contributed by atoms with Gasteiger partial charge in [-0.25, -0.2) is 50.0 Å². The first-order valence-corrected chi connectivity index (χ1v) is 37.6. The number of hydrogen-bond acceptors (Lipinski definition) is 18. The van der Waals surface area contributed by atoms with Crippen LogP contribution < -0.4 is 19.9 Å². The molecule has 3 N–H and O–H groups in total. The molecule has 0 spiro atoms. The normalized spacial score (nSPS) is 21.3. The van der Waals surface area contributed by atoms with Crippen LogP contribution in [-0.4, -0.2) is 173 Å². The quantitative estimate of drug-likeness (QED) is 0.0712. The number of aromatic nitrogens is 9. The highest BCUT2D eigenvalue weighted by Gasteiger charge is 2.51. The van der Waals surface area contributed by atoms with Crippen molar-refractivity contribution in [3.8, 4) is 17.2 Å². The van der Waals surface area contributed by atoms with Gasteiger partial charge in [0.1, 0.15) is 82.4 Å². The maximum absolute atomic E-state index is 14.3. The van der Waals surface area contributed by atoms with E-state index in [0.29, 0.717) is 120 Å². The Hall–Kier alpha value is -8.69. The third kappa shape index (κ3) is 18.3. The van der Waals surface area contributed by atoms with Crippen LogP contribution in [0.25, 0.3) is 0 Å². The predicted molar refractivity (Wildman–Crippen MR) is 390 cm³/mol. The first-order valence-electron chi connectivity index (χ1n) is 36.5. The summed E-state index contributed by atoms with van der Waals surface area (Å²) < 4.78 is 113. The lowest BCUT2D eigenvalue weighted by molar-refractivity contribution is -0.162. The smallest absolute Gasteiger partial charge is 0.410 e. The number of likely N-dealkylation sites (tertiary alicyclic amines) is 2. The zero-order valence-electron chi connectivity index (χ0n) is 63.5. The zero-order valence-corrected chi connectivity index (χ0v) is 65.7. The fraction of sp³-hybridized carbons (Fsp3) is 0.595. The number of alkyl halides is 6. The van der Waals surface area contributed by atoms with Crippen LogP contribution in [0.2, 0.25) is 15.1 Å². The number of carbonyl (C=O) groups excluding carboxylic acids is 5. The molecule has 600 valence electrons. The number of hydrogen-bond donors (Lipinski definition) is 2. The number of aliphatic carboxylic acids is 1. The molecule has 0 unspecified atom stereocenters. The fourth-order valence-electron chi connectivity index (χ4n) is 15.3. The van der Waals surface area contributed by atoms with Crippen LogP contribution >= 0.6 is 34.8 Å². The van der Waals surface area contributed by atoms with Crippen LogP contribution in [-0.2, 0) is 88.9 Å². The third-order valence-electron chi connectivity index (χ3n) is 21.0. The van der Waals surface area contributed by atoms with Crippen molar-refractivity contribution >= 4 is 70.7 Å². The fourth-order valence-corrected chi connectivity index (χ4v) is 16.1. The van der Waals surface area contributed by atoms with Gasteiger partial charge < -0.3 is 49.2 Å². The van der Waals surface area contributed by atoms with Crippen LogP contribution in [0.15, 0.2) is 36.4 Å². The summed E-state index contributed by atoms with van der Waals surface area (Å²) >= 11 is 19.6. The van der Waals surface area contributed by atoms with Gasteiger partial charge in [-0.1, -0.05) is 63.3 Å². The van der Waals surface area contributed by atoms with Gasteiger partial charge in [0, 0.05) is 117 Å². The summed E-state index contributed by atoms with van der Waals surface area (Å²) in [6, 6.07) is 8.11. The first-order chi connectivity index (χ1) is 51.8. The van der Waals surface area contributed by atoms with Crippen molar-refractivity contribution in [3.05, 3.63) is 119 Å². The maximum Gasteiger partial charge on any atom is 0.410 e. The molecule has 27 nitrogen and oxygen atoms in total. The highest BCUT2D eigenvalue weighted by molar-refractivity contribution is 6.32. The minimum absolute atomic E-state index is 0.00870. The summed E-state index contributed by atoms with van der Waals surface area (Å²) in [5.41, 5.74) is 6.72. The molecular weight excluding hydrogens is 1510 g/mol. The van der Waals surface area contributed by atoms with Gasteiger partial charge in [-0.15, -0.1) is 15.3 Å². The van der Waals surface area contributed by atoms with Crippen molar-refractivity contribution in [3.63, 3.8) is 0 Å². The Morgan fingerprint density at radius 1 is 0.545 bits per heavy atom. The number of nitrogens with zero attached hydrogens (tertiary/aromatic N) is 14. The van der Waals surface area contributed by atoms with Gasteiger partial charge >= 0.3 is 18.2 Å². The van der Waals surface area contributed by atoms with Crippen molar-refractivity contribution in [2.24, 2.45) is 38.2 Å². The standard InChI is InChI=1S/C29H36ClF2N5O5.C25H32ClF2N5O4.C20H26ClF2N5O3/c1-16-7-10-23(38)37(16)14-21-24-17(11-13-36(21)27(39)18-6-4-5-12-29(18,2)28(40)41)19(30)8-9-22(24)42-15-20-25(26(31)32)35(3)34-33-20;1-14-6-9-20(34)33(14)12-18-21-15(10-11-32(18)24(35)37-25(2,3)4)16(26)7-8-19(21)36-13-17-22(23(27)28)31(5)30-29-17;1-20(2,3)31-19(29)28-8-7-11-12(21)5-6-15(16(11)14(28)9-24)30-10-13-17(18(22)23)27(4)26-25-13/h8-9,16,18,21,26H,4-7,10-15H2,1-3H3,(H,40,41);7-8,14,18,23H,6,9-13H2,1-5H3;5-6,14,18H,7-10,24H2,1-4H3/t16-,18+,21-,29+;14-,18-;14-/m111/s1. The van der Waals surface area contributed by atoms with E-state index in [9.17, 15) is 60.2 Å². The van der Waals surface area contributed by atoms with Gasteiger partial charge in [-0.3, -0.25) is 29.0 Å². The molecule has 7 atom stereocenters. The van der Waals surface area contributed by atoms with Gasteiger partial charge in [0.05, 0.1) is 29.5 Å². The van der Waals surface area contributed by atoms with Crippen LogP contribution in [0, 0.1) is 11.3 Å². The molecule has 3 fully saturated rings. The van der Waals surface area contributed by atoms with Crippen LogP contribution in [0.3, 0.4) is 0 Å². The summed E-state index contributed by atoms with van der Waals surface area (Å²) in [6.45, 7) is 17.1. The number of rotatable bonds is 19. The van der Waals surface area contributed by atoms with Gasteiger partial charge in [0.25, 0.3) is 19.3 Å². The van der Waals surface area contributed by atoms with E-state index >= 15 is 0 Å².